The average molecular weight is 292 g/mol. The molecular weight excluding hydrogens is 272 g/mol. The van der Waals surface area contributed by atoms with Crippen molar-refractivity contribution >= 4 is 23.4 Å². The molecule has 108 valence electrons. The molecule has 1 fully saturated rings. The minimum atomic E-state index is 0.393. The summed E-state index contributed by atoms with van der Waals surface area (Å²) in [4.78, 5) is 10.3. The van der Waals surface area contributed by atoms with Crippen LogP contribution in [-0.2, 0) is 0 Å². The van der Waals surface area contributed by atoms with Gasteiger partial charge in [-0.15, -0.1) is 0 Å². The highest BCUT2D eigenvalue weighted by molar-refractivity contribution is 7.71. The molecule has 0 aliphatic carbocycles. The zero-order valence-corrected chi connectivity index (χ0v) is 12.7. The Balaban J connectivity index is 2.05. The van der Waals surface area contributed by atoms with Crippen LogP contribution in [0.3, 0.4) is 0 Å². The summed E-state index contributed by atoms with van der Waals surface area (Å²) in [5, 5.41) is 0. The van der Waals surface area contributed by atoms with Crippen molar-refractivity contribution < 1.29 is 4.74 Å². The quantitative estimate of drug-likeness (QED) is 0.884. The molecule has 0 bridgehead atoms. The highest BCUT2D eigenvalue weighted by Gasteiger charge is 2.23. The van der Waals surface area contributed by atoms with Gasteiger partial charge in [-0.2, -0.15) is 4.98 Å². The second-order valence-electron chi connectivity index (χ2n) is 5.21. The number of aromatic nitrogens is 3. The van der Waals surface area contributed by atoms with Crippen LogP contribution >= 0.6 is 12.2 Å². The first-order valence-corrected chi connectivity index (χ1v) is 7.51. The summed E-state index contributed by atoms with van der Waals surface area (Å²) in [5.41, 5.74) is 1.88. The molecule has 0 saturated carbocycles. The first-order valence-electron chi connectivity index (χ1n) is 7.10. The number of nitrogens with zero attached hydrogens (tertiary/aromatic N) is 3. The molecule has 1 N–H and O–H groups in total. The molecule has 2 aromatic heterocycles. The van der Waals surface area contributed by atoms with E-state index in [0.29, 0.717) is 11.9 Å². The van der Waals surface area contributed by atoms with Crippen LogP contribution in [0, 0.1) is 4.77 Å². The normalized spacial score (nSPS) is 20.4. The summed E-state index contributed by atoms with van der Waals surface area (Å²) < 4.78 is 8.15. The Kier molecular flexibility index (Phi) is 3.76. The van der Waals surface area contributed by atoms with E-state index < -0.39 is 0 Å². The van der Waals surface area contributed by atoms with E-state index in [4.69, 9.17) is 17.0 Å². The summed E-state index contributed by atoms with van der Waals surface area (Å²) in [5.74, 6) is 0.628. The Morgan fingerprint density at radius 1 is 1.50 bits per heavy atom. The van der Waals surface area contributed by atoms with Gasteiger partial charge in [-0.25, -0.2) is 0 Å². The van der Waals surface area contributed by atoms with Crippen molar-refractivity contribution in [3.8, 4) is 5.88 Å². The summed E-state index contributed by atoms with van der Waals surface area (Å²) in [6.07, 6.45) is 2.35. The van der Waals surface area contributed by atoms with Crippen LogP contribution in [0.25, 0.3) is 11.2 Å². The molecule has 1 unspecified atom stereocenters. The molecule has 2 aromatic rings. The summed E-state index contributed by atoms with van der Waals surface area (Å²) in [6, 6.07) is 4.23. The number of fused-ring (bicyclic) bond motifs is 1. The van der Waals surface area contributed by atoms with Gasteiger partial charge in [0, 0.05) is 12.6 Å². The van der Waals surface area contributed by atoms with E-state index in [1.54, 1.807) is 7.11 Å². The molecule has 1 saturated heterocycles. The van der Waals surface area contributed by atoms with Crippen molar-refractivity contribution in [3.63, 3.8) is 0 Å². The molecule has 20 heavy (non-hydrogen) atoms. The van der Waals surface area contributed by atoms with Gasteiger partial charge >= 0.3 is 0 Å². The number of nitrogens with one attached hydrogen (secondary N) is 1. The van der Waals surface area contributed by atoms with Crippen LogP contribution in [0.4, 0.5) is 0 Å². The zero-order chi connectivity index (χ0) is 14.1. The van der Waals surface area contributed by atoms with Crippen LogP contribution in [0.1, 0.15) is 25.8 Å². The van der Waals surface area contributed by atoms with E-state index in [0.717, 1.165) is 35.4 Å². The number of likely N-dealkylation sites (N-methyl/N-ethyl adjacent to an activating group) is 1. The number of methoxy groups -OCH3 is 1. The fourth-order valence-electron chi connectivity index (χ4n) is 2.97. The van der Waals surface area contributed by atoms with Crippen LogP contribution in [0.5, 0.6) is 5.88 Å². The highest BCUT2D eigenvalue weighted by Crippen LogP contribution is 2.26. The molecule has 0 spiro atoms. The smallest absolute Gasteiger partial charge is 0.215 e. The third-order valence-corrected chi connectivity index (χ3v) is 4.34. The minimum absolute atomic E-state index is 0.393. The standard InChI is InChI=1S/C14H20N4OS/c1-3-17-8-4-5-10(9-17)18-13-11(15-14(18)20)6-7-12(16-13)19-2/h6-7,10H,3-5,8-9H2,1-2H3,(H,15,20). The number of piperidine rings is 1. The van der Waals surface area contributed by atoms with Crippen molar-refractivity contribution in [3.05, 3.63) is 16.9 Å². The summed E-state index contributed by atoms with van der Waals surface area (Å²) in [6.45, 7) is 5.51. The number of likely N-dealkylation sites (tertiary alicyclic amines) is 1. The molecular formula is C14H20N4OS. The molecule has 0 amide bonds. The first-order chi connectivity index (χ1) is 9.72. The third kappa shape index (κ3) is 2.33. The maximum atomic E-state index is 5.50. The Labute approximate surface area is 123 Å². The fourth-order valence-corrected chi connectivity index (χ4v) is 3.31. The highest BCUT2D eigenvalue weighted by atomic mass is 32.1. The number of H-pyrrole nitrogens is 1. The number of aromatic amines is 1. The maximum absolute atomic E-state index is 5.50. The fraction of sp³-hybridized carbons (Fsp3) is 0.571. The average Bonchev–Trinajstić information content (AvgIpc) is 2.82. The van der Waals surface area contributed by atoms with Gasteiger partial charge in [-0.05, 0) is 44.2 Å². The molecule has 5 nitrogen and oxygen atoms in total. The number of ether oxygens (including phenoxy) is 1. The van der Waals surface area contributed by atoms with E-state index in [2.05, 4.69) is 26.4 Å². The number of hydrogen-bond donors (Lipinski definition) is 1. The Morgan fingerprint density at radius 3 is 3.10 bits per heavy atom. The van der Waals surface area contributed by atoms with Crippen LogP contribution in [0.2, 0.25) is 0 Å². The Morgan fingerprint density at radius 2 is 2.35 bits per heavy atom. The second-order valence-corrected chi connectivity index (χ2v) is 5.60. The van der Waals surface area contributed by atoms with E-state index in [9.17, 15) is 0 Å². The topological polar surface area (TPSA) is 46.1 Å². The molecule has 1 atom stereocenters. The lowest BCUT2D eigenvalue weighted by atomic mass is 10.1. The van der Waals surface area contributed by atoms with Crippen LogP contribution in [-0.4, -0.2) is 46.2 Å². The van der Waals surface area contributed by atoms with Crippen molar-refractivity contribution in [1.29, 1.82) is 0 Å². The minimum Gasteiger partial charge on any atom is -0.481 e. The lowest BCUT2D eigenvalue weighted by Gasteiger charge is -2.32. The van der Waals surface area contributed by atoms with Gasteiger partial charge in [-0.1, -0.05) is 6.92 Å². The number of imidazole rings is 1. The molecule has 3 heterocycles. The first kappa shape index (κ1) is 13.6. The Hall–Kier alpha value is -1.40. The van der Waals surface area contributed by atoms with Gasteiger partial charge in [-0.3, -0.25) is 4.57 Å². The van der Waals surface area contributed by atoms with E-state index in [-0.39, 0.29) is 0 Å². The number of pyridine rings is 1. The largest absolute Gasteiger partial charge is 0.481 e. The molecule has 6 heteroatoms. The van der Waals surface area contributed by atoms with E-state index in [1.165, 1.54) is 13.0 Å². The molecule has 1 aliphatic rings. The number of rotatable bonds is 3. The Bertz CT molecular complexity index is 663. The van der Waals surface area contributed by atoms with Crippen molar-refractivity contribution in [1.82, 2.24) is 19.4 Å². The molecule has 0 aromatic carbocycles. The monoisotopic (exact) mass is 292 g/mol. The predicted molar refractivity (Wildman–Crippen MR) is 81.9 cm³/mol. The number of hydrogen-bond acceptors (Lipinski definition) is 4. The van der Waals surface area contributed by atoms with Gasteiger partial charge in [0.15, 0.2) is 10.4 Å². The van der Waals surface area contributed by atoms with Gasteiger partial charge in [0.2, 0.25) is 5.88 Å². The van der Waals surface area contributed by atoms with Gasteiger partial charge in [0.05, 0.1) is 18.7 Å². The zero-order valence-electron chi connectivity index (χ0n) is 11.9. The van der Waals surface area contributed by atoms with Gasteiger partial charge in [0.25, 0.3) is 0 Å². The SMILES string of the molecule is CCN1CCCC(n2c(=S)[nH]c3ccc(OC)nc32)C1. The van der Waals surface area contributed by atoms with Crippen LogP contribution < -0.4 is 4.74 Å². The van der Waals surface area contributed by atoms with Crippen molar-refractivity contribution in [2.75, 3.05) is 26.7 Å². The molecule has 3 rings (SSSR count). The van der Waals surface area contributed by atoms with Crippen molar-refractivity contribution in [2.24, 2.45) is 0 Å². The lowest BCUT2D eigenvalue weighted by Crippen LogP contribution is -2.36. The molecule has 0 radical (unpaired) electrons. The lowest BCUT2D eigenvalue weighted by molar-refractivity contribution is 0.186. The second kappa shape index (κ2) is 5.54. The predicted octanol–water partition coefficient (Wildman–Crippen LogP) is 2.76. The van der Waals surface area contributed by atoms with Crippen LogP contribution in [0.15, 0.2) is 12.1 Å². The van der Waals surface area contributed by atoms with E-state index >= 15 is 0 Å². The maximum Gasteiger partial charge on any atom is 0.215 e. The third-order valence-electron chi connectivity index (χ3n) is 4.04. The van der Waals surface area contributed by atoms with Gasteiger partial charge < -0.3 is 14.6 Å². The molecule has 1 aliphatic heterocycles. The van der Waals surface area contributed by atoms with Gasteiger partial charge in [0.1, 0.15) is 0 Å². The van der Waals surface area contributed by atoms with E-state index in [1.807, 2.05) is 12.1 Å². The summed E-state index contributed by atoms with van der Waals surface area (Å²) >= 11 is 5.50. The summed E-state index contributed by atoms with van der Waals surface area (Å²) in [7, 11) is 1.64. The van der Waals surface area contributed by atoms with Crippen molar-refractivity contribution in [2.45, 2.75) is 25.8 Å².